The lowest BCUT2D eigenvalue weighted by Gasteiger charge is -2.34. The van der Waals surface area contributed by atoms with Gasteiger partial charge in [-0.3, -0.25) is 19.8 Å². The van der Waals surface area contributed by atoms with Crippen molar-refractivity contribution in [3.05, 3.63) is 35.3 Å². The van der Waals surface area contributed by atoms with Crippen molar-refractivity contribution in [3.8, 4) is 11.5 Å². The van der Waals surface area contributed by atoms with E-state index in [0.717, 1.165) is 23.6 Å². The number of fused-ring (bicyclic) bond motifs is 1. The Morgan fingerprint density at radius 2 is 1.96 bits per heavy atom. The minimum Gasteiger partial charge on any atom is -0.454 e. The monoisotopic (exact) mass is 374 g/mol. The number of nitrogens with zero attached hydrogens (tertiary/aromatic N) is 3. The van der Waals surface area contributed by atoms with Gasteiger partial charge in [0.2, 0.25) is 6.79 Å². The van der Waals surface area contributed by atoms with Crippen molar-refractivity contribution in [2.45, 2.75) is 6.54 Å². The van der Waals surface area contributed by atoms with Gasteiger partial charge in [-0.15, -0.1) is 11.3 Å². The number of ether oxygens (including phenoxy) is 2. The summed E-state index contributed by atoms with van der Waals surface area (Å²) in [7, 11) is 0. The topological polar surface area (TPSA) is 84.0 Å². The second-order valence-electron chi connectivity index (χ2n) is 6.05. The van der Waals surface area contributed by atoms with Gasteiger partial charge in [-0.25, -0.2) is 4.98 Å². The number of piperazine rings is 1. The van der Waals surface area contributed by atoms with E-state index >= 15 is 0 Å². The number of benzene rings is 1. The second kappa shape index (κ2) is 7.30. The molecule has 26 heavy (non-hydrogen) atoms. The van der Waals surface area contributed by atoms with Gasteiger partial charge in [0.15, 0.2) is 16.6 Å². The van der Waals surface area contributed by atoms with Crippen LogP contribution < -0.4 is 14.8 Å². The van der Waals surface area contributed by atoms with Crippen LogP contribution in [0, 0.1) is 0 Å². The molecule has 2 amide bonds. The van der Waals surface area contributed by atoms with E-state index in [1.807, 2.05) is 18.2 Å². The van der Waals surface area contributed by atoms with Gasteiger partial charge in [0.05, 0.1) is 0 Å². The third-order valence-electron chi connectivity index (χ3n) is 4.35. The lowest BCUT2D eigenvalue weighted by molar-refractivity contribution is -0.144. The maximum absolute atomic E-state index is 12.3. The fourth-order valence-electron chi connectivity index (χ4n) is 2.99. The molecule has 0 bridgehead atoms. The van der Waals surface area contributed by atoms with Crippen molar-refractivity contribution in [1.82, 2.24) is 14.8 Å². The van der Waals surface area contributed by atoms with E-state index in [9.17, 15) is 9.59 Å². The molecule has 0 spiro atoms. The smallest absolute Gasteiger partial charge is 0.315 e. The van der Waals surface area contributed by atoms with Crippen molar-refractivity contribution in [1.29, 1.82) is 0 Å². The third-order valence-corrected chi connectivity index (χ3v) is 5.04. The Morgan fingerprint density at radius 3 is 2.73 bits per heavy atom. The molecule has 2 aromatic rings. The van der Waals surface area contributed by atoms with Gasteiger partial charge >= 0.3 is 11.8 Å². The maximum atomic E-state index is 12.3. The minimum absolute atomic E-state index is 0.266. The zero-order chi connectivity index (χ0) is 17.9. The Kier molecular flexibility index (Phi) is 4.72. The first-order chi connectivity index (χ1) is 12.7. The normalized spacial score (nSPS) is 16.5. The van der Waals surface area contributed by atoms with Gasteiger partial charge in [-0.1, -0.05) is 6.07 Å². The number of carbonyl (C=O) groups is 2. The summed E-state index contributed by atoms with van der Waals surface area (Å²) in [4.78, 5) is 32.1. The first-order valence-corrected chi connectivity index (χ1v) is 9.17. The summed E-state index contributed by atoms with van der Waals surface area (Å²) in [5.41, 5.74) is 1.13. The SMILES string of the molecule is O=C(Nc1nccs1)C(=O)N1CCN(Cc2ccc3c(c2)OCO3)CC1. The van der Waals surface area contributed by atoms with Crippen LogP contribution >= 0.6 is 11.3 Å². The van der Waals surface area contributed by atoms with E-state index in [-0.39, 0.29) is 6.79 Å². The zero-order valence-electron chi connectivity index (χ0n) is 14.0. The van der Waals surface area contributed by atoms with E-state index in [1.54, 1.807) is 16.5 Å². The Balaban J connectivity index is 1.28. The zero-order valence-corrected chi connectivity index (χ0v) is 14.8. The van der Waals surface area contributed by atoms with E-state index in [0.29, 0.717) is 31.3 Å². The highest BCUT2D eigenvalue weighted by molar-refractivity contribution is 7.13. The summed E-state index contributed by atoms with van der Waals surface area (Å²) in [6, 6.07) is 5.92. The lowest BCUT2D eigenvalue weighted by Crippen LogP contribution is -2.51. The van der Waals surface area contributed by atoms with Crippen LogP contribution in [0.15, 0.2) is 29.8 Å². The van der Waals surface area contributed by atoms with Gasteiger partial charge in [0.25, 0.3) is 0 Å². The number of carbonyl (C=O) groups excluding carboxylic acids is 2. The van der Waals surface area contributed by atoms with Gasteiger partial charge in [0.1, 0.15) is 0 Å². The lowest BCUT2D eigenvalue weighted by atomic mass is 10.1. The molecular formula is C17H18N4O4S. The molecule has 0 atom stereocenters. The molecule has 0 radical (unpaired) electrons. The molecule has 8 nitrogen and oxygen atoms in total. The first kappa shape index (κ1) is 16.8. The van der Waals surface area contributed by atoms with Crippen LogP contribution in [0.5, 0.6) is 11.5 Å². The number of rotatable bonds is 3. The molecule has 2 aliphatic rings. The fraction of sp³-hybridized carbons (Fsp3) is 0.353. The summed E-state index contributed by atoms with van der Waals surface area (Å²) < 4.78 is 10.7. The predicted molar refractivity (Wildman–Crippen MR) is 95.2 cm³/mol. The number of hydrogen-bond acceptors (Lipinski definition) is 7. The Hall–Kier alpha value is -2.65. The highest BCUT2D eigenvalue weighted by atomic mass is 32.1. The Labute approximate surface area is 154 Å². The van der Waals surface area contributed by atoms with E-state index in [2.05, 4.69) is 15.2 Å². The molecular weight excluding hydrogens is 356 g/mol. The largest absolute Gasteiger partial charge is 0.454 e. The minimum atomic E-state index is -0.635. The number of nitrogens with one attached hydrogen (secondary N) is 1. The molecule has 3 heterocycles. The number of thiazole rings is 1. The molecule has 0 saturated carbocycles. The number of aromatic nitrogens is 1. The van der Waals surface area contributed by atoms with E-state index < -0.39 is 11.8 Å². The van der Waals surface area contributed by atoms with Crippen LogP contribution in [-0.2, 0) is 16.1 Å². The van der Waals surface area contributed by atoms with Crippen LogP contribution in [-0.4, -0.2) is 59.6 Å². The van der Waals surface area contributed by atoms with Gasteiger partial charge < -0.3 is 14.4 Å². The highest BCUT2D eigenvalue weighted by Gasteiger charge is 2.26. The molecule has 0 aliphatic carbocycles. The van der Waals surface area contributed by atoms with E-state index in [4.69, 9.17) is 9.47 Å². The molecule has 4 rings (SSSR count). The summed E-state index contributed by atoms with van der Waals surface area (Å²) >= 11 is 1.28. The van der Waals surface area contributed by atoms with E-state index in [1.165, 1.54) is 11.3 Å². The predicted octanol–water partition coefficient (Wildman–Crippen LogP) is 1.15. The summed E-state index contributed by atoms with van der Waals surface area (Å²) in [5, 5.41) is 4.71. The van der Waals surface area contributed by atoms with Crippen molar-refractivity contribution in [3.63, 3.8) is 0 Å². The molecule has 1 N–H and O–H groups in total. The number of amides is 2. The quantitative estimate of drug-likeness (QED) is 0.812. The summed E-state index contributed by atoms with van der Waals surface area (Å²) in [6.45, 7) is 3.51. The highest BCUT2D eigenvalue weighted by Crippen LogP contribution is 2.32. The molecule has 1 fully saturated rings. The Morgan fingerprint density at radius 1 is 1.15 bits per heavy atom. The third kappa shape index (κ3) is 3.63. The molecule has 0 unspecified atom stereocenters. The molecule has 9 heteroatoms. The van der Waals surface area contributed by atoms with Gasteiger partial charge in [0, 0.05) is 44.3 Å². The van der Waals surface area contributed by atoms with Crippen LogP contribution in [0.25, 0.3) is 0 Å². The summed E-state index contributed by atoms with van der Waals surface area (Å²) in [5.74, 6) is 0.401. The molecule has 1 saturated heterocycles. The first-order valence-electron chi connectivity index (χ1n) is 8.30. The summed E-state index contributed by atoms with van der Waals surface area (Å²) in [6.07, 6.45) is 1.58. The average Bonchev–Trinajstić information content (AvgIpc) is 3.33. The molecule has 2 aliphatic heterocycles. The molecule has 136 valence electrons. The molecule has 1 aromatic heterocycles. The number of anilines is 1. The van der Waals surface area contributed by atoms with Crippen molar-refractivity contribution in [2.75, 3.05) is 38.3 Å². The van der Waals surface area contributed by atoms with Crippen molar-refractivity contribution < 1.29 is 19.1 Å². The fourth-order valence-corrected chi connectivity index (χ4v) is 3.51. The van der Waals surface area contributed by atoms with Gasteiger partial charge in [-0.05, 0) is 17.7 Å². The standard InChI is InChI=1S/C17H18N4O4S/c22-15(19-17-18-3-8-26-17)16(23)21-6-4-20(5-7-21)10-12-1-2-13-14(9-12)25-11-24-13/h1-3,8-9H,4-7,10-11H2,(H,18,19,22). The van der Waals surface area contributed by atoms with Gasteiger partial charge in [-0.2, -0.15) is 0 Å². The second-order valence-corrected chi connectivity index (χ2v) is 6.94. The van der Waals surface area contributed by atoms with Crippen LogP contribution in [0.4, 0.5) is 5.13 Å². The van der Waals surface area contributed by atoms with Crippen LogP contribution in [0.2, 0.25) is 0 Å². The van der Waals surface area contributed by atoms with Crippen LogP contribution in [0.3, 0.4) is 0 Å². The van der Waals surface area contributed by atoms with Crippen LogP contribution in [0.1, 0.15) is 5.56 Å². The Bertz CT molecular complexity index is 803. The van der Waals surface area contributed by atoms with Crippen molar-refractivity contribution >= 4 is 28.3 Å². The average molecular weight is 374 g/mol. The number of hydrogen-bond donors (Lipinski definition) is 1. The molecule has 1 aromatic carbocycles. The van der Waals surface area contributed by atoms with Crippen molar-refractivity contribution in [2.24, 2.45) is 0 Å². The maximum Gasteiger partial charge on any atom is 0.315 e.